The van der Waals surface area contributed by atoms with E-state index in [2.05, 4.69) is 18.6 Å². The van der Waals surface area contributed by atoms with Gasteiger partial charge in [-0.05, 0) is 24.6 Å². The lowest BCUT2D eigenvalue weighted by Crippen LogP contribution is -2.19. The molecule has 2 rings (SSSR count). The topological polar surface area (TPSA) is 38.3 Å². The van der Waals surface area contributed by atoms with Crippen LogP contribution in [0.15, 0.2) is 18.2 Å². The Labute approximate surface area is 93.4 Å². The smallest absolute Gasteiger partial charge is 0.182 e. The molecule has 0 aromatic heterocycles. The van der Waals surface area contributed by atoms with E-state index >= 15 is 0 Å². The lowest BCUT2D eigenvalue weighted by molar-refractivity contribution is 0.384. The summed E-state index contributed by atoms with van der Waals surface area (Å²) < 4.78 is 19.1. The van der Waals surface area contributed by atoms with Crippen LogP contribution < -0.4 is 9.46 Å². The van der Waals surface area contributed by atoms with Crippen molar-refractivity contribution in [3.05, 3.63) is 23.8 Å². The van der Waals surface area contributed by atoms with Crippen molar-refractivity contribution in [2.75, 3.05) is 10.7 Å². The monoisotopic (exact) mass is 227 g/mol. The first-order valence-corrected chi connectivity index (χ1v) is 6.37. The highest BCUT2D eigenvalue weighted by atomic mass is 32.2. The zero-order valence-electron chi connectivity index (χ0n) is 9.37. The Morgan fingerprint density at radius 3 is 2.80 bits per heavy atom. The van der Waals surface area contributed by atoms with Crippen LogP contribution in [0.2, 0.25) is 0 Å². The summed E-state index contributed by atoms with van der Waals surface area (Å²) >= 11 is 0. The maximum atomic E-state index is 11.0. The fourth-order valence-corrected chi connectivity index (χ4v) is 1.82. The summed E-state index contributed by atoms with van der Waals surface area (Å²) in [7, 11) is -1.08. The Hall–Kier alpha value is -1.03. The second-order valence-electron chi connectivity index (χ2n) is 3.42. The van der Waals surface area contributed by atoms with Gasteiger partial charge in [0.15, 0.2) is 16.9 Å². The minimum absolute atomic E-state index is 0.232. The van der Waals surface area contributed by atoms with E-state index in [0.29, 0.717) is 0 Å². The van der Waals surface area contributed by atoms with E-state index in [9.17, 15) is 4.21 Å². The number of ether oxygens (including phenoxy) is 1. The summed E-state index contributed by atoms with van der Waals surface area (Å²) in [6, 6.07) is 5.77. The van der Waals surface area contributed by atoms with Crippen LogP contribution >= 0.6 is 0 Å². The summed E-state index contributed by atoms with van der Waals surface area (Å²) in [5.41, 5.74) is 1.95. The fraction of sp³-hybridized carbons (Fsp3) is 0.455. The number of nitrogens with one attached hydrogen (secondary N) is 1. The molecular weight excluding hydrogens is 210 g/mol. The number of hydrogen-bond donors (Lipinski definition) is 1. The molecule has 0 radical (unpaired) electrons. The summed E-state index contributed by atoms with van der Waals surface area (Å²) in [6.07, 6.45) is 1.25. The Morgan fingerprint density at radius 1 is 1.47 bits per heavy atom. The average molecular weight is 227 g/mol. The van der Waals surface area contributed by atoms with Gasteiger partial charge < -0.3 is 4.74 Å². The molecule has 84 valence electrons. The zero-order chi connectivity index (χ0) is 11.3. The summed E-state index contributed by atoms with van der Waals surface area (Å²) in [4.78, 5) is 0. The minimum Gasteiger partial charge on any atom is -0.476 e. The van der Waals surface area contributed by atoms with E-state index in [1.807, 2.05) is 25.1 Å². The van der Waals surface area contributed by atoms with Gasteiger partial charge in [0, 0.05) is 0 Å². The first kappa shape index (κ1) is 12.0. The van der Waals surface area contributed by atoms with Gasteiger partial charge in [-0.3, -0.25) is 4.72 Å². The predicted molar refractivity (Wildman–Crippen MR) is 64.4 cm³/mol. The minimum atomic E-state index is -1.08. The van der Waals surface area contributed by atoms with Crippen LogP contribution in [0.4, 0.5) is 5.69 Å². The van der Waals surface area contributed by atoms with Crippen molar-refractivity contribution in [1.29, 1.82) is 0 Å². The van der Waals surface area contributed by atoms with Crippen molar-refractivity contribution < 1.29 is 8.95 Å². The molecule has 1 heterocycles. The van der Waals surface area contributed by atoms with Gasteiger partial charge in [-0.15, -0.1) is 0 Å². The Morgan fingerprint density at radius 2 is 2.13 bits per heavy atom. The molecule has 0 spiro atoms. The lowest BCUT2D eigenvalue weighted by Gasteiger charge is -2.18. The van der Waals surface area contributed by atoms with Crippen LogP contribution in [0.3, 0.4) is 0 Å². The van der Waals surface area contributed by atoms with Crippen molar-refractivity contribution >= 4 is 16.7 Å². The number of aryl methyl sites for hydroxylation is 1. The van der Waals surface area contributed by atoms with Gasteiger partial charge >= 0.3 is 0 Å². The molecule has 1 unspecified atom stereocenters. The van der Waals surface area contributed by atoms with Crippen LogP contribution in [0.1, 0.15) is 25.8 Å². The van der Waals surface area contributed by atoms with Gasteiger partial charge in [0.05, 0.1) is 5.69 Å². The second-order valence-corrected chi connectivity index (χ2v) is 4.55. The third-order valence-corrected chi connectivity index (χ3v) is 2.46. The molecule has 0 saturated heterocycles. The van der Waals surface area contributed by atoms with Crippen LogP contribution in [-0.2, 0) is 11.0 Å². The molecule has 1 aromatic carbocycles. The fourth-order valence-electron chi connectivity index (χ4n) is 1.12. The van der Waals surface area contributed by atoms with E-state index < -0.39 is 11.0 Å². The third kappa shape index (κ3) is 3.55. The summed E-state index contributed by atoms with van der Waals surface area (Å²) in [5.74, 6) is 1.01. The number of hydrogen-bond acceptors (Lipinski definition) is 2. The van der Waals surface area contributed by atoms with E-state index in [1.165, 1.54) is 6.42 Å². The molecule has 0 saturated carbocycles. The van der Waals surface area contributed by atoms with Gasteiger partial charge in [-0.1, -0.05) is 26.3 Å². The van der Waals surface area contributed by atoms with Crippen molar-refractivity contribution in [1.82, 2.24) is 0 Å². The molecule has 4 heteroatoms. The van der Waals surface area contributed by atoms with Gasteiger partial charge in [-0.2, -0.15) is 0 Å². The van der Waals surface area contributed by atoms with E-state index in [-0.39, 0.29) is 5.94 Å². The first-order chi connectivity index (χ1) is 7.17. The van der Waals surface area contributed by atoms with Crippen molar-refractivity contribution in [3.8, 4) is 5.75 Å². The van der Waals surface area contributed by atoms with Crippen LogP contribution in [-0.4, -0.2) is 10.1 Å². The molecule has 1 atom stereocenters. The number of fused-ring (bicyclic) bond motifs is 1. The molecule has 0 fully saturated rings. The quantitative estimate of drug-likeness (QED) is 0.740. The van der Waals surface area contributed by atoms with Gasteiger partial charge in [0.25, 0.3) is 0 Å². The van der Waals surface area contributed by atoms with Crippen LogP contribution in [0.25, 0.3) is 0 Å². The maximum Gasteiger partial charge on any atom is 0.182 e. The maximum absolute atomic E-state index is 11.0. The van der Waals surface area contributed by atoms with Gasteiger partial charge in [0.2, 0.25) is 0 Å². The zero-order valence-corrected chi connectivity index (χ0v) is 10.2. The van der Waals surface area contributed by atoms with Crippen molar-refractivity contribution in [2.24, 2.45) is 0 Å². The van der Waals surface area contributed by atoms with E-state index in [4.69, 9.17) is 4.74 Å². The van der Waals surface area contributed by atoms with Crippen molar-refractivity contribution in [2.45, 2.75) is 27.2 Å². The highest BCUT2D eigenvalue weighted by Gasteiger charge is 2.13. The highest BCUT2D eigenvalue weighted by Crippen LogP contribution is 2.28. The summed E-state index contributed by atoms with van der Waals surface area (Å²) in [6.45, 7) is 6.24. The standard InChI is InChI=1S/C8H9NO2S.C3H8/c1-6-2-3-8-7(4-6)9-12(10)5-11-8;1-3-2/h2-4,9H,5H2,1H3;3H2,1-2H3. The first-order valence-electron chi connectivity index (χ1n) is 5.05. The average Bonchev–Trinajstić information content (AvgIpc) is 2.18. The molecule has 1 aromatic rings. The molecule has 0 bridgehead atoms. The van der Waals surface area contributed by atoms with Gasteiger partial charge in [-0.25, -0.2) is 4.21 Å². The second kappa shape index (κ2) is 5.75. The molecule has 1 N–H and O–H groups in total. The third-order valence-electron chi connectivity index (χ3n) is 1.68. The normalized spacial score (nSPS) is 17.7. The molecule has 1 aliphatic heterocycles. The largest absolute Gasteiger partial charge is 0.476 e. The van der Waals surface area contributed by atoms with Crippen LogP contribution in [0, 0.1) is 6.92 Å². The SMILES string of the molecule is CCC.Cc1ccc2c(c1)NS(=O)CO2. The van der Waals surface area contributed by atoms with Crippen LogP contribution in [0.5, 0.6) is 5.75 Å². The number of benzene rings is 1. The van der Waals surface area contributed by atoms with E-state index in [1.54, 1.807) is 0 Å². The lowest BCUT2D eigenvalue weighted by atomic mass is 10.2. The molecule has 0 aliphatic carbocycles. The Kier molecular flexibility index (Phi) is 4.62. The molecule has 0 amide bonds. The molecule has 1 aliphatic rings. The molecular formula is C11H17NO2S. The Bertz CT molecular complexity index is 352. The molecule has 15 heavy (non-hydrogen) atoms. The Balaban J connectivity index is 0.000000337. The van der Waals surface area contributed by atoms with Gasteiger partial charge in [0.1, 0.15) is 5.75 Å². The number of rotatable bonds is 0. The highest BCUT2D eigenvalue weighted by molar-refractivity contribution is 7.86. The number of anilines is 1. The van der Waals surface area contributed by atoms with E-state index in [0.717, 1.165) is 17.0 Å². The van der Waals surface area contributed by atoms with Crippen molar-refractivity contribution in [3.63, 3.8) is 0 Å². The predicted octanol–water partition coefficient (Wildman–Crippen LogP) is 2.84. The summed E-state index contributed by atoms with van der Waals surface area (Å²) in [5, 5.41) is 0. The molecule has 3 nitrogen and oxygen atoms in total.